The normalized spacial score (nSPS) is 21.4. The molecule has 21 heavy (non-hydrogen) atoms. The summed E-state index contributed by atoms with van der Waals surface area (Å²) in [6, 6.07) is 4.69. The molecule has 6 nitrogen and oxygen atoms in total. The molecule has 0 aromatic heterocycles. The molecule has 1 fully saturated rings. The Morgan fingerprint density at radius 1 is 1.33 bits per heavy atom. The lowest BCUT2D eigenvalue weighted by molar-refractivity contribution is -0.127. The maximum atomic E-state index is 12.8. The molecule has 112 valence electrons. The Hall–Kier alpha value is -2.44. The molecule has 1 saturated heterocycles. The molecule has 1 aromatic carbocycles. The van der Waals surface area contributed by atoms with Gasteiger partial charge in [-0.15, -0.1) is 0 Å². The Bertz CT molecular complexity index is 588. The topological polar surface area (TPSA) is 78.5 Å². The van der Waals surface area contributed by atoms with Crippen LogP contribution in [0.4, 0.5) is 14.9 Å². The standard InChI is InChI=1S/C14H16FN3O3/c1-3-14(2)12(20)17-13(21)18(14)8-11(19)16-10-6-4-9(15)5-7-10/h4-7H,3,8H2,1-2H3,(H,16,19)(H,17,20,21). The molecule has 2 N–H and O–H groups in total. The van der Waals surface area contributed by atoms with E-state index in [1.54, 1.807) is 13.8 Å². The molecule has 1 heterocycles. The number of amides is 4. The van der Waals surface area contributed by atoms with Gasteiger partial charge in [0.25, 0.3) is 5.91 Å². The predicted octanol–water partition coefficient (Wildman–Crippen LogP) is 1.48. The SMILES string of the molecule is CCC1(C)C(=O)NC(=O)N1CC(=O)Nc1ccc(F)cc1. The van der Waals surface area contributed by atoms with Gasteiger partial charge in [-0.25, -0.2) is 9.18 Å². The molecule has 1 aliphatic rings. The number of imide groups is 1. The number of nitrogens with one attached hydrogen (secondary N) is 2. The van der Waals surface area contributed by atoms with Crippen LogP contribution < -0.4 is 10.6 Å². The van der Waals surface area contributed by atoms with Crippen LogP contribution in [-0.2, 0) is 9.59 Å². The van der Waals surface area contributed by atoms with E-state index in [-0.39, 0.29) is 6.54 Å². The zero-order valence-corrected chi connectivity index (χ0v) is 11.8. The van der Waals surface area contributed by atoms with Gasteiger partial charge in [0.15, 0.2) is 0 Å². The minimum absolute atomic E-state index is 0.251. The number of urea groups is 1. The van der Waals surface area contributed by atoms with E-state index in [0.29, 0.717) is 12.1 Å². The van der Waals surface area contributed by atoms with Crippen molar-refractivity contribution in [3.8, 4) is 0 Å². The van der Waals surface area contributed by atoms with Crippen LogP contribution in [-0.4, -0.2) is 34.8 Å². The monoisotopic (exact) mass is 293 g/mol. The minimum atomic E-state index is -1.03. The Morgan fingerprint density at radius 2 is 1.95 bits per heavy atom. The maximum absolute atomic E-state index is 12.8. The summed E-state index contributed by atoms with van der Waals surface area (Å²) in [5.41, 5.74) is -0.609. The number of anilines is 1. The molecule has 0 aliphatic carbocycles. The van der Waals surface area contributed by atoms with Crippen molar-refractivity contribution in [2.75, 3.05) is 11.9 Å². The summed E-state index contributed by atoms with van der Waals surface area (Å²) >= 11 is 0. The predicted molar refractivity (Wildman–Crippen MR) is 74.0 cm³/mol. The third kappa shape index (κ3) is 2.86. The van der Waals surface area contributed by atoms with Crippen molar-refractivity contribution in [3.05, 3.63) is 30.1 Å². The molecule has 0 radical (unpaired) electrons. The van der Waals surface area contributed by atoms with Gasteiger partial charge in [0.2, 0.25) is 5.91 Å². The van der Waals surface area contributed by atoms with Gasteiger partial charge < -0.3 is 10.2 Å². The lowest BCUT2D eigenvalue weighted by Gasteiger charge is -2.30. The Labute approximate surface area is 121 Å². The van der Waals surface area contributed by atoms with Crippen LogP contribution in [0.2, 0.25) is 0 Å². The average molecular weight is 293 g/mol. The molecule has 0 bridgehead atoms. The van der Waals surface area contributed by atoms with Gasteiger partial charge in [-0.3, -0.25) is 14.9 Å². The van der Waals surface area contributed by atoms with Crippen LogP contribution >= 0.6 is 0 Å². The number of carbonyl (C=O) groups excluding carboxylic acids is 3. The van der Waals surface area contributed by atoms with Crippen LogP contribution in [0.25, 0.3) is 0 Å². The van der Waals surface area contributed by atoms with Crippen LogP contribution in [0.1, 0.15) is 20.3 Å². The second-order valence-electron chi connectivity index (χ2n) is 5.03. The number of nitrogens with zero attached hydrogens (tertiary/aromatic N) is 1. The van der Waals surface area contributed by atoms with E-state index in [4.69, 9.17) is 0 Å². The van der Waals surface area contributed by atoms with Crippen molar-refractivity contribution in [2.24, 2.45) is 0 Å². The van der Waals surface area contributed by atoms with Gasteiger partial charge in [-0.1, -0.05) is 6.92 Å². The van der Waals surface area contributed by atoms with Crippen molar-refractivity contribution in [1.82, 2.24) is 10.2 Å². The lowest BCUT2D eigenvalue weighted by atomic mass is 9.97. The molecule has 1 unspecified atom stereocenters. The molecule has 4 amide bonds. The van der Waals surface area contributed by atoms with E-state index in [1.807, 2.05) is 0 Å². The molecule has 7 heteroatoms. The summed E-state index contributed by atoms with van der Waals surface area (Å²) in [6.45, 7) is 3.13. The lowest BCUT2D eigenvalue weighted by Crippen LogP contribution is -2.49. The molecular formula is C14H16FN3O3. The van der Waals surface area contributed by atoms with Crippen LogP contribution in [0.3, 0.4) is 0 Å². The second-order valence-corrected chi connectivity index (χ2v) is 5.03. The third-order valence-corrected chi connectivity index (χ3v) is 3.67. The summed E-state index contributed by atoms with van der Waals surface area (Å²) in [5.74, 6) is -1.27. The van der Waals surface area contributed by atoms with E-state index < -0.39 is 29.2 Å². The summed E-state index contributed by atoms with van der Waals surface area (Å²) in [7, 11) is 0. The molecule has 2 rings (SSSR count). The summed E-state index contributed by atoms with van der Waals surface area (Å²) in [5, 5.41) is 4.76. The first-order valence-electron chi connectivity index (χ1n) is 6.55. The van der Waals surface area contributed by atoms with Gasteiger partial charge in [-0.05, 0) is 37.6 Å². The first-order valence-corrected chi connectivity index (χ1v) is 6.55. The van der Waals surface area contributed by atoms with Crippen molar-refractivity contribution in [2.45, 2.75) is 25.8 Å². The van der Waals surface area contributed by atoms with Crippen LogP contribution in [0, 0.1) is 5.82 Å². The third-order valence-electron chi connectivity index (χ3n) is 3.67. The van der Waals surface area contributed by atoms with E-state index in [1.165, 1.54) is 29.2 Å². The largest absolute Gasteiger partial charge is 0.325 e. The van der Waals surface area contributed by atoms with Crippen molar-refractivity contribution < 1.29 is 18.8 Å². The highest BCUT2D eigenvalue weighted by Crippen LogP contribution is 2.24. The number of benzene rings is 1. The van der Waals surface area contributed by atoms with Gasteiger partial charge in [0.1, 0.15) is 17.9 Å². The van der Waals surface area contributed by atoms with Gasteiger partial charge in [0, 0.05) is 5.69 Å². The Morgan fingerprint density at radius 3 is 2.52 bits per heavy atom. The molecule has 0 saturated carbocycles. The molecular weight excluding hydrogens is 277 g/mol. The number of carbonyl (C=O) groups is 3. The molecule has 0 spiro atoms. The van der Waals surface area contributed by atoms with E-state index in [9.17, 15) is 18.8 Å². The van der Waals surface area contributed by atoms with Crippen molar-refractivity contribution in [3.63, 3.8) is 0 Å². The van der Waals surface area contributed by atoms with Gasteiger partial charge in [0.05, 0.1) is 0 Å². The Kier molecular flexibility index (Phi) is 3.93. The second kappa shape index (κ2) is 5.51. The maximum Gasteiger partial charge on any atom is 0.325 e. The summed E-state index contributed by atoms with van der Waals surface area (Å²) in [4.78, 5) is 36.7. The van der Waals surface area contributed by atoms with E-state index in [2.05, 4.69) is 10.6 Å². The molecule has 1 aromatic rings. The fraction of sp³-hybridized carbons (Fsp3) is 0.357. The summed E-state index contributed by atoms with van der Waals surface area (Å²) < 4.78 is 12.8. The summed E-state index contributed by atoms with van der Waals surface area (Å²) in [6.07, 6.45) is 0.397. The van der Waals surface area contributed by atoms with E-state index >= 15 is 0 Å². The van der Waals surface area contributed by atoms with Gasteiger partial charge in [-0.2, -0.15) is 0 Å². The highest BCUT2D eigenvalue weighted by Gasteiger charge is 2.48. The first-order chi connectivity index (χ1) is 9.86. The number of hydrogen-bond acceptors (Lipinski definition) is 3. The number of rotatable bonds is 4. The fourth-order valence-corrected chi connectivity index (χ4v) is 2.12. The first kappa shape index (κ1) is 15.0. The number of halogens is 1. The van der Waals surface area contributed by atoms with Gasteiger partial charge >= 0.3 is 6.03 Å². The average Bonchev–Trinajstić information content (AvgIpc) is 2.65. The zero-order chi connectivity index (χ0) is 15.6. The van der Waals surface area contributed by atoms with Crippen molar-refractivity contribution in [1.29, 1.82) is 0 Å². The number of hydrogen-bond donors (Lipinski definition) is 2. The fourth-order valence-electron chi connectivity index (χ4n) is 2.12. The smallest absolute Gasteiger partial charge is 0.325 e. The van der Waals surface area contributed by atoms with E-state index in [0.717, 1.165) is 0 Å². The highest BCUT2D eigenvalue weighted by molar-refractivity contribution is 6.08. The zero-order valence-electron chi connectivity index (χ0n) is 11.8. The minimum Gasteiger partial charge on any atom is -0.325 e. The van der Waals surface area contributed by atoms with Crippen LogP contribution in [0.5, 0.6) is 0 Å². The quantitative estimate of drug-likeness (QED) is 0.825. The van der Waals surface area contributed by atoms with Crippen LogP contribution in [0.15, 0.2) is 24.3 Å². The van der Waals surface area contributed by atoms with Crippen molar-refractivity contribution >= 4 is 23.5 Å². The molecule has 1 atom stereocenters. The Balaban J connectivity index is 2.06. The highest BCUT2D eigenvalue weighted by atomic mass is 19.1. The molecule has 1 aliphatic heterocycles.